The first-order valence-corrected chi connectivity index (χ1v) is 4.59. The van der Waals surface area contributed by atoms with Crippen LogP contribution in [0.15, 0.2) is 0 Å². The first kappa shape index (κ1) is 9.50. The maximum Gasteiger partial charge on any atom is 0.0843 e. The molecular formula is C9H16N2O. The van der Waals surface area contributed by atoms with Crippen molar-refractivity contribution in [1.82, 2.24) is 5.32 Å². The van der Waals surface area contributed by atoms with Gasteiger partial charge in [0.1, 0.15) is 0 Å². The van der Waals surface area contributed by atoms with Crippen molar-refractivity contribution in [1.29, 1.82) is 5.26 Å². The molecule has 3 nitrogen and oxygen atoms in total. The molecule has 0 unspecified atom stereocenters. The summed E-state index contributed by atoms with van der Waals surface area (Å²) in [6.07, 6.45) is 4.64. The Morgan fingerprint density at radius 1 is 1.42 bits per heavy atom. The second kappa shape index (κ2) is 5.13. The van der Waals surface area contributed by atoms with E-state index in [2.05, 4.69) is 11.4 Å². The molecule has 1 rings (SSSR count). The Kier molecular flexibility index (Phi) is 4.06. The van der Waals surface area contributed by atoms with Gasteiger partial charge in [-0.2, -0.15) is 5.26 Å². The van der Waals surface area contributed by atoms with Gasteiger partial charge in [0.05, 0.1) is 12.6 Å². The molecule has 68 valence electrons. The lowest BCUT2D eigenvalue weighted by atomic mass is 9.85. The standard InChI is InChI=1S/C9H16N2O/c10-5-6-11-9-4-2-1-3-8(9)7-12/h8-9,11-12H,1-4,6-7H2/t8-,9+/m1/s1. The molecule has 0 aromatic rings. The molecule has 0 amide bonds. The molecule has 0 saturated heterocycles. The Bertz CT molecular complexity index is 164. The summed E-state index contributed by atoms with van der Waals surface area (Å²) >= 11 is 0. The smallest absolute Gasteiger partial charge is 0.0843 e. The lowest BCUT2D eigenvalue weighted by Crippen LogP contribution is -2.40. The van der Waals surface area contributed by atoms with Gasteiger partial charge < -0.3 is 10.4 Å². The molecular weight excluding hydrogens is 152 g/mol. The lowest BCUT2D eigenvalue weighted by Gasteiger charge is -2.30. The third-order valence-corrected chi connectivity index (χ3v) is 2.59. The van der Waals surface area contributed by atoms with Crippen LogP contribution in [0.2, 0.25) is 0 Å². The van der Waals surface area contributed by atoms with E-state index in [9.17, 15) is 0 Å². The molecule has 1 saturated carbocycles. The zero-order valence-corrected chi connectivity index (χ0v) is 7.29. The van der Waals surface area contributed by atoms with Gasteiger partial charge in [-0.1, -0.05) is 12.8 Å². The predicted molar refractivity (Wildman–Crippen MR) is 46.4 cm³/mol. The number of aliphatic hydroxyl groups is 1. The van der Waals surface area contributed by atoms with Gasteiger partial charge in [0.2, 0.25) is 0 Å². The number of nitrogens with one attached hydrogen (secondary N) is 1. The largest absolute Gasteiger partial charge is 0.396 e. The van der Waals surface area contributed by atoms with Gasteiger partial charge in [0.15, 0.2) is 0 Å². The first-order valence-electron chi connectivity index (χ1n) is 4.59. The van der Waals surface area contributed by atoms with Crippen molar-refractivity contribution >= 4 is 0 Å². The van der Waals surface area contributed by atoms with Gasteiger partial charge in [0, 0.05) is 12.6 Å². The van der Waals surface area contributed by atoms with E-state index in [0.717, 1.165) is 12.8 Å². The maximum atomic E-state index is 9.04. The van der Waals surface area contributed by atoms with E-state index in [1.54, 1.807) is 0 Å². The van der Waals surface area contributed by atoms with E-state index < -0.39 is 0 Å². The van der Waals surface area contributed by atoms with Crippen molar-refractivity contribution in [3.63, 3.8) is 0 Å². The Balaban J connectivity index is 2.32. The number of hydrogen-bond acceptors (Lipinski definition) is 3. The number of rotatable bonds is 3. The molecule has 1 aliphatic rings. The number of nitriles is 1. The van der Waals surface area contributed by atoms with E-state index in [1.807, 2.05) is 0 Å². The summed E-state index contributed by atoms with van der Waals surface area (Å²) in [4.78, 5) is 0. The minimum Gasteiger partial charge on any atom is -0.396 e. The second-order valence-corrected chi connectivity index (χ2v) is 3.37. The van der Waals surface area contributed by atoms with Gasteiger partial charge in [-0.15, -0.1) is 0 Å². The third kappa shape index (κ3) is 2.47. The van der Waals surface area contributed by atoms with E-state index in [-0.39, 0.29) is 6.61 Å². The molecule has 1 aliphatic carbocycles. The summed E-state index contributed by atoms with van der Waals surface area (Å²) < 4.78 is 0. The van der Waals surface area contributed by atoms with Gasteiger partial charge in [-0.05, 0) is 18.8 Å². The van der Waals surface area contributed by atoms with Gasteiger partial charge in [0.25, 0.3) is 0 Å². The van der Waals surface area contributed by atoms with Crippen LogP contribution in [0, 0.1) is 17.2 Å². The lowest BCUT2D eigenvalue weighted by molar-refractivity contribution is 0.155. The number of aliphatic hydroxyl groups excluding tert-OH is 1. The van der Waals surface area contributed by atoms with Crippen LogP contribution < -0.4 is 5.32 Å². The fourth-order valence-corrected chi connectivity index (χ4v) is 1.87. The van der Waals surface area contributed by atoms with Crippen molar-refractivity contribution in [3.05, 3.63) is 0 Å². The first-order chi connectivity index (χ1) is 5.88. The van der Waals surface area contributed by atoms with Crippen LogP contribution in [0.1, 0.15) is 25.7 Å². The summed E-state index contributed by atoms with van der Waals surface area (Å²) in [5.74, 6) is 0.368. The summed E-state index contributed by atoms with van der Waals surface area (Å²) in [7, 11) is 0. The summed E-state index contributed by atoms with van der Waals surface area (Å²) in [5.41, 5.74) is 0. The highest BCUT2D eigenvalue weighted by atomic mass is 16.3. The molecule has 3 heteroatoms. The van der Waals surface area contributed by atoms with E-state index in [1.165, 1.54) is 12.8 Å². The quantitative estimate of drug-likeness (QED) is 0.608. The molecule has 0 radical (unpaired) electrons. The van der Waals surface area contributed by atoms with Crippen molar-refractivity contribution < 1.29 is 5.11 Å². The van der Waals surface area contributed by atoms with Crippen molar-refractivity contribution in [2.75, 3.05) is 13.2 Å². The van der Waals surface area contributed by atoms with Crippen LogP contribution in [0.4, 0.5) is 0 Å². The molecule has 0 aliphatic heterocycles. The average molecular weight is 168 g/mol. The molecule has 0 aromatic heterocycles. The van der Waals surface area contributed by atoms with Crippen molar-refractivity contribution in [2.24, 2.45) is 5.92 Å². The van der Waals surface area contributed by atoms with E-state index in [4.69, 9.17) is 10.4 Å². The van der Waals surface area contributed by atoms with Crippen LogP contribution in [-0.4, -0.2) is 24.3 Å². The van der Waals surface area contributed by atoms with Gasteiger partial charge >= 0.3 is 0 Å². The minimum atomic E-state index is 0.253. The van der Waals surface area contributed by atoms with Crippen LogP contribution in [0.3, 0.4) is 0 Å². The van der Waals surface area contributed by atoms with E-state index in [0.29, 0.717) is 18.5 Å². The molecule has 0 heterocycles. The van der Waals surface area contributed by atoms with Crippen molar-refractivity contribution in [2.45, 2.75) is 31.7 Å². The van der Waals surface area contributed by atoms with Crippen LogP contribution in [-0.2, 0) is 0 Å². The Morgan fingerprint density at radius 2 is 2.17 bits per heavy atom. The van der Waals surface area contributed by atoms with Gasteiger partial charge in [-0.3, -0.25) is 0 Å². The molecule has 0 aromatic carbocycles. The van der Waals surface area contributed by atoms with Crippen molar-refractivity contribution in [3.8, 4) is 6.07 Å². The summed E-state index contributed by atoms with van der Waals surface area (Å²) in [6, 6.07) is 2.43. The topological polar surface area (TPSA) is 56.0 Å². The summed E-state index contributed by atoms with van der Waals surface area (Å²) in [6.45, 7) is 0.657. The zero-order chi connectivity index (χ0) is 8.81. The highest BCUT2D eigenvalue weighted by Gasteiger charge is 2.23. The monoisotopic (exact) mass is 168 g/mol. The van der Waals surface area contributed by atoms with Gasteiger partial charge in [-0.25, -0.2) is 0 Å². The highest BCUT2D eigenvalue weighted by molar-refractivity contribution is 4.84. The van der Waals surface area contributed by atoms with Crippen LogP contribution in [0.25, 0.3) is 0 Å². The number of nitrogens with zero attached hydrogens (tertiary/aromatic N) is 1. The Labute approximate surface area is 73.4 Å². The fraction of sp³-hybridized carbons (Fsp3) is 0.889. The average Bonchev–Trinajstić information content (AvgIpc) is 2.15. The minimum absolute atomic E-state index is 0.253. The van der Waals surface area contributed by atoms with E-state index >= 15 is 0 Å². The Morgan fingerprint density at radius 3 is 2.83 bits per heavy atom. The molecule has 2 atom stereocenters. The molecule has 2 N–H and O–H groups in total. The van der Waals surface area contributed by atoms with Crippen LogP contribution in [0.5, 0.6) is 0 Å². The molecule has 1 fully saturated rings. The molecule has 0 bridgehead atoms. The second-order valence-electron chi connectivity index (χ2n) is 3.37. The van der Waals surface area contributed by atoms with Crippen LogP contribution >= 0.6 is 0 Å². The predicted octanol–water partition coefficient (Wildman–Crippen LogP) is 0.651. The maximum absolute atomic E-state index is 9.04. The molecule has 0 spiro atoms. The zero-order valence-electron chi connectivity index (χ0n) is 7.29. The Hall–Kier alpha value is -0.590. The molecule has 12 heavy (non-hydrogen) atoms. The third-order valence-electron chi connectivity index (χ3n) is 2.59. The fourth-order valence-electron chi connectivity index (χ4n) is 1.87. The number of hydrogen-bond donors (Lipinski definition) is 2. The normalized spacial score (nSPS) is 29.7. The highest BCUT2D eigenvalue weighted by Crippen LogP contribution is 2.23. The summed E-state index contributed by atoms with van der Waals surface area (Å²) in [5, 5.41) is 20.6. The SMILES string of the molecule is N#CCN[C@H]1CCCC[C@@H]1CO.